The van der Waals surface area contributed by atoms with Crippen LogP contribution in [0.1, 0.15) is 5.56 Å². The first-order chi connectivity index (χ1) is 11.4. The summed E-state index contributed by atoms with van der Waals surface area (Å²) in [6, 6.07) is 11.8. The van der Waals surface area contributed by atoms with Crippen molar-refractivity contribution in [2.75, 3.05) is 18.6 Å². The van der Waals surface area contributed by atoms with Crippen LogP contribution in [0.4, 0.5) is 10.5 Å². The lowest BCUT2D eigenvalue weighted by Crippen LogP contribution is -2.31. The first-order valence-electron chi connectivity index (χ1n) is 7.70. The quantitative estimate of drug-likeness (QED) is 0.606. The zero-order chi connectivity index (χ0) is 17.7. The second-order valence-electron chi connectivity index (χ2n) is 6.47. The van der Waals surface area contributed by atoms with E-state index in [-0.39, 0.29) is 6.54 Å². The Balaban J connectivity index is 2.59. The number of hydrogen-bond acceptors (Lipinski definition) is 2. The summed E-state index contributed by atoms with van der Waals surface area (Å²) in [5.41, 5.74) is 5.03. The van der Waals surface area contributed by atoms with Crippen molar-refractivity contribution in [3.8, 4) is 23.8 Å². The monoisotopic (exact) mass is 335 g/mol. The molecule has 0 saturated carbocycles. The zero-order valence-corrected chi connectivity index (χ0v) is 15.5. The number of carbonyl (C=O) groups is 1. The Bertz CT molecular complexity index is 863. The van der Waals surface area contributed by atoms with Gasteiger partial charge in [-0.05, 0) is 23.6 Å². The van der Waals surface area contributed by atoms with Crippen LogP contribution in [0.5, 0.6) is 0 Å². The summed E-state index contributed by atoms with van der Waals surface area (Å²) in [4.78, 5) is 13.5. The van der Waals surface area contributed by atoms with Gasteiger partial charge in [-0.1, -0.05) is 49.7 Å². The number of hydrogen-bond donors (Lipinski definition) is 0. The first kappa shape index (κ1) is 17.7. The molecule has 0 unspecified atom stereocenters. The Labute approximate surface area is 144 Å². The number of nitrogens with zero attached hydrogens (tertiary/aromatic N) is 1. The van der Waals surface area contributed by atoms with E-state index in [4.69, 9.17) is 11.2 Å². The van der Waals surface area contributed by atoms with Gasteiger partial charge in [0.05, 0.1) is 19.3 Å². The lowest BCUT2D eigenvalue weighted by atomic mass is 10.0. The Kier molecular flexibility index (Phi) is 5.34. The smallest absolute Gasteiger partial charge is 0.414 e. The molecule has 0 aliphatic rings. The van der Waals surface area contributed by atoms with E-state index < -0.39 is 14.2 Å². The second-order valence-corrected chi connectivity index (χ2v) is 11.2. The third-order valence-electron chi connectivity index (χ3n) is 3.38. The van der Waals surface area contributed by atoms with Crippen molar-refractivity contribution in [1.29, 1.82) is 0 Å². The van der Waals surface area contributed by atoms with Gasteiger partial charge in [0.1, 0.15) is 8.07 Å². The lowest BCUT2D eigenvalue weighted by Gasteiger charge is -2.20. The van der Waals surface area contributed by atoms with E-state index in [1.54, 1.807) is 0 Å². The first-order valence-corrected chi connectivity index (χ1v) is 11.2. The normalized spacial score (nSPS) is 10.5. The van der Waals surface area contributed by atoms with Gasteiger partial charge >= 0.3 is 6.09 Å². The van der Waals surface area contributed by atoms with Crippen LogP contribution >= 0.6 is 0 Å². The number of terminal acetylenes is 1. The van der Waals surface area contributed by atoms with Gasteiger partial charge in [-0.3, -0.25) is 4.90 Å². The van der Waals surface area contributed by atoms with Crippen molar-refractivity contribution in [3.63, 3.8) is 0 Å². The maximum Gasteiger partial charge on any atom is 0.414 e. The Morgan fingerprint density at radius 2 is 2.00 bits per heavy atom. The van der Waals surface area contributed by atoms with E-state index in [1.165, 1.54) is 12.0 Å². The number of benzene rings is 2. The number of carbonyl (C=O) groups excluding carboxylic acids is 1. The van der Waals surface area contributed by atoms with Crippen LogP contribution in [0.15, 0.2) is 36.4 Å². The van der Waals surface area contributed by atoms with Crippen LogP contribution in [0.25, 0.3) is 10.8 Å². The molecule has 0 bridgehead atoms. The number of methoxy groups -OCH3 is 1. The fourth-order valence-corrected chi connectivity index (χ4v) is 2.80. The maximum atomic E-state index is 12.1. The zero-order valence-electron chi connectivity index (χ0n) is 14.5. The van der Waals surface area contributed by atoms with Crippen molar-refractivity contribution in [1.82, 2.24) is 0 Å². The maximum absolute atomic E-state index is 12.1. The topological polar surface area (TPSA) is 29.5 Å². The van der Waals surface area contributed by atoms with Crippen LogP contribution < -0.4 is 4.90 Å². The average molecular weight is 335 g/mol. The van der Waals surface area contributed by atoms with Crippen LogP contribution in [0, 0.1) is 23.8 Å². The predicted molar refractivity (Wildman–Crippen MR) is 103 cm³/mol. The van der Waals surface area contributed by atoms with Gasteiger partial charge in [0.15, 0.2) is 0 Å². The summed E-state index contributed by atoms with van der Waals surface area (Å²) in [5, 5.41) is 1.96. The molecule has 2 aromatic carbocycles. The van der Waals surface area contributed by atoms with Crippen molar-refractivity contribution >= 4 is 30.6 Å². The van der Waals surface area contributed by atoms with Crippen LogP contribution in [0.3, 0.4) is 0 Å². The van der Waals surface area contributed by atoms with E-state index in [0.29, 0.717) is 0 Å². The largest absolute Gasteiger partial charge is 0.452 e. The summed E-state index contributed by atoms with van der Waals surface area (Å²) in [7, 11) is -0.102. The fourth-order valence-electron chi connectivity index (χ4n) is 2.28. The molecule has 2 rings (SSSR count). The molecule has 3 nitrogen and oxygen atoms in total. The number of ether oxygens (including phenoxy) is 1. The minimum atomic E-state index is -1.45. The molecule has 0 spiro atoms. The minimum Gasteiger partial charge on any atom is -0.452 e. The Morgan fingerprint density at radius 1 is 1.25 bits per heavy atom. The number of rotatable bonds is 2. The molecule has 0 atom stereocenters. The fraction of sp³-hybridized carbons (Fsp3) is 0.250. The van der Waals surface area contributed by atoms with Gasteiger partial charge in [-0.15, -0.1) is 12.0 Å². The summed E-state index contributed by atoms with van der Waals surface area (Å²) in [6.07, 6.45) is 4.94. The molecule has 0 N–H and O–H groups in total. The van der Waals surface area contributed by atoms with Crippen LogP contribution in [-0.4, -0.2) is 27.8 Å². The van der Waals surface area contributed by atoms with E-state index in [1.807, 2.05) is 36.4 Å². The SMILES string of the molecule is C#CCN(C(=O)OC)c1cccc2ccc(C#C[Si](C)(C)C)cc12. The van der Waals surface area contributed by atoms with E-state index >= 15 is 0 Å². The van der Waals surface area contributed by atoms with Crippen molar-refractivity contribution < 1.29 is 9.53 Å². The van der Waals surface area contributed by atoms with Gasteiger partial charge in [0.25, 0.3) is 0 Å². The van der Waals surface area contributed by atoms with Gasteiger partial charge in [-0.2, -0.15) is 0 Å². The average Bonchev–Trinajstić information content (AvgIpc) is 2.56. The molecule has 1 amide bonds. The lowest BCUT2D eigenvalue weighted by molar-refractivity contribution is 0.179. The summed E-state index contributed by atoms with van der Waals surface area (Å²) in [5.74, 6) is 5.76. The Hall–Kier alpha value is -2.69. The molecule has 0 radical (unpaired) electrons. The molecule has 0 saturated heterocycles. The van der Waals surface area contributed by atoms with Gasteiger partial charge < -0.3 is 4.74 Å². The number of anilines is 1. The molecule has 24 heavy (non-hydrogen) atoms. The third kappa shape index (κ3) is 4.19. The molecular formula is C20H21NO2Si. The molecule has 122 valence electrons. The molecule has 0 aliphatic heterocycles. The molecule has 0 aliphatic carbocycles. The second kappa shape index (κ2) is 7.25. The van der Waals surface area contributed by atoms with Crippen LogP contribution in [-0.2, 0) is 4.74 Å². The number of fused-ring (bicyclic) bond motifs is 1. The summed E-state index contributed by atoms with van der Waals surface area (Å²) >= 11 is 0. The molecule has 4 heteroatoms. The van der Waals surface area contributed by atoms with Crippen molar-refractivity contribution in [2.24, 2.45) is 0 Å². The standard InChI is InChI=1S/C20H21NO2Si/c1-6-13-21(20(22)23-2)19-9-7-8-17-11-10-16(15-18(17)19)12-14-24(3,4)5/h1,7-11,15H,13H2,2-5H3. The predicted octanol–water partition coefficient (Wildman–Crippen LogP) is 4.27. The molecule has 0 heterocycles. The highest BCUT2D eigenvalue weighted by atomic mass is 28.3. The van der Waals surface area contributed by atoms with E-state index in [0.717, 1.165) is 22.0 Å². The summed E-state index contributed by atoms with van der Waals surface area (Å²) < 4.78 is 4.86. The van der Waals surface area contributed by atoms with Crippen molar-refractivity contribution in [2.45, 2.75) is 19.6 Å². The van der Waals surface area contributed by atoms with Gasteiger partial charge in [0.2, 0.25) is 0 Å². The highest BCUT2D eigenvalue weighted by molar-refractivity contribution is 6.83. The van der Waals surface area contributed by atoms with E-state index in [9.17, 15) is 4.79 Å². The van der Waals surface area contributed by atoms with E-state index in [2.05, 4.69) is 37.0 Å². The van der Waals surface area contributed by atoms with Crippen molar-refractivity contribution in [3.05, 3.63) is 42.0 Å². The highest BCUT2D eigenvalue weighted by Crippen LogP contribution is 2.28. The molecule has 0 fully saturated rings. The van der Waals surface area contributed by atoms with Crippen LogP contribution in [0.2, 0.25) is 19.6 Å². The molecule has 2 aromatic rings. The van der Waals surface area contributed by atoms with Gasteiger partial charge in [-0.25, -0.2) is 4.79 Å². The minimum absolute atomic E-state index is 0.149. The highest BCUT2D eigenvalue weighted by Gasteiger charge is 2.17. The third-order valence-corrected chi connectivity index (χ3v) is 4.25. The Morgan fingerprint density at radius 3 is 2.62 bits per heavy atom. The molecular weight excluding hydrogens is 314 g/mol. The number of amides is 1. The summed E-state index contributed by atoms with van der Waals surface area (Å²) in [6.45, 7) is 6.77. The molecule has 0 aromatic heterocycles. The van der Waals surface area contributed by atoms with Gasteiger partial charge in [0, 0.05) is 10.9 Å².